The number of fused-ring (bicyclic) bond motifs is 1. The number of methoxy groups -OCH3 is 1. The lowest BCUT2D eigenvalue weighted by Crippen LogP contribution is -2.10. The summed E-state index contributed by atoms with van der Waals surface area (Å²) in [5, 5.41) is 6.81. The van der Waals surface area contributed by atoms with E-state index in [0.29, 0.717) is 0 Å². The second kappa shape index (κ2) is 3.11. The van der Waals surface area contributed by atoms with Gasteiger partial charge in [-0.1, -0.05) is 0 Å². The van der Waals surface area contributed by atoms with E-state index in [2.05, 4.69) is 14.9 Å². The summed E-state index contributed by atoms with van der Waals surface area (Å²) in [6.07, 6.45) is -1.91. The molecule has 0 radical (unpaired) electrons. The topological polar surface area (TPSA) is 39.4 Å². The fourth-order valence-electron chi connectivity index (χ4n) is 1.31. The molecule has 7 heteroatoms. The summed E-state index contributed by atoms with van der Waals surface area (Å²) in [6, 6.07) is 1.22. The lowest BCUT2D eigenvalue weighted by Gasteiger charge is -2.11. The van der Waals surface area contributed by atoms with Gasteiger partial charge in [-0.2, -0.15) is 13.2 Å². The van der Waals surface area contributed by atoms with Crippen LogP contribution in [0, 0.1) is 0 Å². The molecule has 0 aromatic carbocycles. The van der Waals surface area contributed by atoms with E-state index < -0.39 is 11.7 Å². The van der Waals surface area contributed by atoms with Crippen LogP contribution in [-0.4, -0.2) is 21.7 Å². The molecule has 0 amide bonds. The molecule has 0 saturated carbocycles. The van der Waals surface area contributed by atoms with Crippen LogP contribution in [0.25, 0.3) is 5.65 Å². The molecule has 0 unspecified atom stereocenters. The first-order chi connectivity index (χ1) is 7.04. The van der Waals surface area contributed by atoms with Crippen LogP contribution in [0.3, 0.4) is 0 Å². The third-order valence-corrected chi connectivity index (χ3v) is 1.93. The van der Waals surface area contributed by atoms with Crippen molar-refractivity contribution in [1.82, 2.24) is 14.6 Å². The Hall–Kier alpha value is -1.79. The fourth-order valence-corrected chi connectivity index (χ4v) is 1.31. The summed E-state index contributed by atoms with van der Waals surface area (Å²) in [6.45, 7) is 0. The third kappa shape index (κ3) is 1.49. The minimum absolute atomic E-state index is 0.261. The van der Waals surface area contributed by atoms with Crippen molar-refractivity contribution in [1.29, 1.82) is 0 Å². The number of ether oxygens (including phenoxy) is 1. The van der Waals surface area contributed by atoms with Crippen molar-refractivity contribution in [2.75, 3.05) is 7.11 Å². The minimum Gasteiger partial charge on any atom is -0.496 e. The molecule has 0 aliphatic rings. The molecule has 0 atom stereocenters. The maximum atomic E-state index is 12.7. The fraction of sp³-hybridized carbons (Fsp3) is 0.250. The Morgan fingerprint density at radius 2 is 2.13 bits per heavy atom. The van der Waals surface area contributed by atoms with Crippen molar-refractivity contribution < 1.29 is 17.9 Å². The largest absolute Gasteiger partial charge is 0.496 e. The van der Waals surface area contributed by atoms with E-state index in [4.69, 9.17) is 0 Å². The highest BCUT2D eigenvalue weighted by molar-refractivity contribution is 5.55. The molecule has 80 valence electrons. The summed E-state index contributed by atoms with van der Waals surface area (Å²) < 4.78 is 43.9. The maximum Gasteiger partial charge on any atom is 0.423 e. The quantitative estimate of drug-likeness (QED) is 0.730. The summed E-state index contributed by atoms with van der Waals surface area (Å²) in [5.74, 6) is -0.261. The number of pyridine rings is 1. The molecule has 4 nitrogen and oxygen atoms in total. The Bertz CT molecular complexity index is 491. The second-order valence-electron chi connectivity index (χ2n) is 2.82. The molecule has 15 heavy (non-hydrogen) atoms. The first-order valence-electron chi connectivity index (χ1n) is 3.97. The molecular formula is C8H6F3N3O. The Kier molecular flexibility index (Phi) is 2.02. The van der Waals surface area contributed by atoms with Gasteiger partial charge < -0.3 is 4.74 Å². The molecule has 0 saturated heterocycles. The average Bonchev–Trinajstić information content (AvgIpc) is 2.61. The number of nitrogens with zero attached hydrogens (tertiary/aromatic N) is 3. The van der Waals surface area contributed by atoms with Crippen molar-refractivity contribution >= 4 is 5.65 Å². The Balaban J connectivity index is 2.80. The smallest absolute Gasteiger partial charge is 0.423 e. The van der Waals surface area contributed by atoms with Crippen LogP contribution < -0.4 is 4.74 Å². The van der Waals surface area contributed by atoms with E-state index in [1.54, 1.807) is 0 Å². The molecular weight excluding hydrogens is 211 g/mol. The number of hydrogen-bond donors (Lipinski definition) is 0. The van der Waals surface area contributed by atoms with Gasteiger partial charge >= 0.3 is 6.18 Å². The molecule has 2 heterocycles. The van der Waals surface area contributed by atoms with Gasteiger partial charge in [-0.25, -0.2) is 0 Å². The van der Waals surface area contributed by atoms with Crippen molar-refractivity contribution in [3.8, 4) is 5.75 Å². The molecule has 0 spiro atoms. The van der Waals surface area contributed by atoms with E-state index in [9.17, 15) is 13.2 Å². The van der Waals surface area contributed by atoms with E-state index in [0.717, 1.165) is 0 Å². The third-order valence-electron chi connectivity index (χ3n) is 1.93. The van der Waals surface area contributed by atoms with Gasteiger partial charge in [-0.3, -0.25) is 4.40 Å². The Labute approximate surface area is 82.3 Å². The summed E-state index contributed by atoms with van der Waals surface area (Å²) in [4.78, 5) is 0. The van der Waals surface area contributed by atoms with Gasteiger partial charge in [-0.05, 0) is 6.07 Å². The van der Waals surface area contributed by atoms with Gasteiger partial charge in [0.25, 0.3) is 0 Å². The second-order valence-corrected chi connectivity index (χ2v) is 2.82. The molecule has 2 rings (SSSR count). The molecule has 0 aliphatic carbocycles. The van der Waals surface area contributed by atoms with Crippen molar-refractivity contribution in [3.63, 3.8) is 0 Å². The first kappa shape index (κ1) is 9.75. The predicted molar refractivity (Wildman–Crippen MR) is 44.5 cm³/mol. The van der Waals surface area contributed by atoms with Crippen LogP contribution in [0.2, 0.25) is 0 Å². The summed E-state index contributed by atoms with van der Waals surface area (Å²) in [5.41, 5.74) is -1.17. The molecule has 2 aromatic rings. The van der Waals surface area contributed by atoms with Gasteiger partial charge in [0.05, 0.1) is 7.11 Å². The highest BCUT2D eigenvalue weighted by Crippen LogP contribution is 2.38. The van der Waals surface area contributed by atoms with Gasteiger partial charge in [-0.15, -0.1) is 10.2 Å². The Morgan fingerprint density at radius 1 is 1.40 bits per heavy atom. The molecule has 2 aromatic heterocycles. The average molecular weight is 217 g/mol. The number of halogens is 3. The number of alkyl halides is 3. The summed E-state index contributed by atoms with van der Waals surface area (Å²) in [7, 11) is 1.18. The van der Waals surface area contributed by atoms with Crippen LogP contribution in [-0.2, 0) is 6.18 Å². The highest BCUT2D eigenvalue weighted by atomic mass is 19.4. The van der Waals surface area contributed by atoms with E-state index in [1.807, 2.05) is 0 Å². The van der Waals surface area contributed by atoms with Gasteiger partial charge in [0.1, 0.15) is 17.6 Å². The van der Waals surface area contributed by atoms with Crippen LogP contribution in [0.15, 0.2) is 18.6 Å². The number of rotatable bonds is 1. The van der Waals surface area contributed by atoms with E-state index in [1.165, 1.54) is 30.1 Å². The van der Waals surface area contributed by atoms with Crippen LogP contribution in [0.5, 0.6) is 5.75 Å². The molecule has 0 bridgehead atoms. The van der Waals surface area contributed by atoms with E-state index >= 15 is 0 Å². The molecule has 0 fully saturated rings. The van der Waals surface area contributed by atoms with Gasteiger partial charge in [0.2, 0.25) is 0 Å². The lowest BCUT2D eigenvalue weighted by molar-refractivity contribution is -0.137. The highest BCUT2D eigenvalue weighted by Gasteiger charge is 2.37. The van der Waals surface area contributed by atoms with Crippen LogP contribution in [0.1, 0.15) is 5.56 Å². The Morgan fingerprint density at radius 3 is 2.73 bits per heavy atom. The lowest BCUT2D eigenvalue weighted by atomic mass is 10.2. The molecule has 0 N–H and O–H groups in total. The zero-order chi connectivity index (χ0) is 11.1. The van der Waals surface area contributed by atoms with Crippen molar-refractivity contribution in [3.05, 3.63) is 24.2 Å². The number of aromatic nitrogens is 3. The zero-order valence-corrected chi connectivity index (χ0v) is 7.62. The normalized spacial score (nSPS) is 12.0. The number of hydrogen-bond acceptors (Lipinski definition) is 3. The van der Waals surface area contributed by atoms with Crippen molar-refractivity contribution in [2.24, 2.45) is 0 Å². The standard InChI is InChI=1S/C8H6F3N3O/c1-15-5-2-3-14-4-12-13-7(14)6(5)8(9,10)11/h2-4H,1H3. The van der Waals surface area contributed by atoms with Crippen LogP contribution in [0.4, 0.5) is 13.2 Å². The molecule has 0 aliphatic heterocycles. The van der Waals surface area contributed by atoms with E-state index in [-0.39, 0.29) is 11.4 Å². The van der Waals surface area contributed by atoms with Gasteiger partial charge in [0.15, 0.2) is 5.65 Å². The summed E-state index contributed by atoms with van der Waals surface area (Å²) >= 11 is 0. The minimum atomic E-state index is -4.51. The van der Waals surface area contributed by atoms with Gasteiger partial charge in [0, 0.05) is 6.20 Å². The first-order valence-corrected chi connectivity index (χ1v) is 3.97. The van der Waals surface area contributed by atoms with Crippen LogP contribution >= 0.6 is 0 Å². The SMILES string of the molecule is COc1ccn2cnnc2c1C(F)(F)F. The monoisotopic (exact) mass is 217 g/mol. The zero-order valence-electron chi connectivity index (χ0n) is 7.62. The predicted octanol–water partition coefficient (Wildman–Crippen LogP) is 1.76. The maximum absolute atomic E-state index is 12.7. The van der Waals surface area contributed by atoms with Crippen molar-refractivity contribution in [2.45, 2.75) is 6.18 Å².